The Hall–Kier alpha value is -0.0800. The van der Waals surface area contributed by atoms with E-state index >= 15 is 0 Å². The Bertz CT molecular complexity index is 318. The summed E-state index contributed by atoms with van der Waals surface area (Å²) in [6.45, 7) is 4.90. The molecule has 1 saturated carbocycles. The largest absolute Gasteiger partial charge is 1.00 e. The van der Waals surface area contributed by atoms with Crippen LogP contribution in [0.15, 0.2) is 0 Å². The number of hydrogen-bond donors (Lipinski definition) is 0. The van der Waals surface area contributed by atoms with Gasteiger partial charge < -0.3 is 14.6 Å². The molecule has 1 aliphatic rings. The van der Waals surface area contributed by atoms with Crippen molar-refractivity contribution in [2.45, 2.75) is 78.1 Å². The molecule has 0 aromatic rings. The summed E-state index contributed by atoms with van der Waals surface area (Å²) in [7, 11) is 0. The van der Waals surface area contributed by atoms with E-state index in [2.05, 4.69) is 13.0 Å². The van der Waals surface area contributed by atoms with Gasteiger partial charge in [0.05, 0.1) is 12.7 Å². The monoisotopic (exact) mass is 333 g/mol. The van der Waals surface area contributed by atoms with Gasteiger partial charge in [-0.2, -0.15) is 5.26 Å². The Morgan fingerprint density at radius 3 is 2.30 bits per heavy atom. The zero-order valence-corrected chi connectivity index (χ0v) is 17.3. The molecule has 0 radical (unpaired) electrons. The summed E-state index contributed by atoms with van der Waals surface area (Å²) in [5.74, 6) is 0.107. The molecule has 1 rings (SSSR count). The summed E-state index contributed by atoms with van der Waals surface area (Å²) >= 11 is 0. The number of unbranched alkanes of at least 4 members (excludes halogenated alkanes) is 5. The number of aliphatic carboxylic acids is 1. The number of carbonyl (C=O) groups excluding carboxylic acids is 1. The van der Waals surface area contributed by atoms with Gasteiger partial charge in [-0.25, -0.2) is 0 Å². The van der Waals surface area contributed by atoms with Gasteiger partial charge in [0.1, 0.15) is 0 Å². The molecule has 0 aromatic heterocycles. The van der Waals surface area contributed by atoms with Crippen LogP contribution in [-0.4, -0.2) is 19.2 Å². The van der Waals surface area contributed by atoms with Crippen molar-refractivity contribution < 1.29 is 44.2 Å². The van der Waals surface area contributed by atoms with Gasteiger partial charge >= 0.3 is 29.6 Å². The maximum atomic E-state index is 9.68. The predicted molar refractivity (Wildman–Crippen MR) is 85.9 cm³/mol. The molecular weight excluding hydrogens is 301 g/mol. The average Bonchev–Trinajstić information content (AvgIpc) is 2.46. The molecule has 0 amide bonds. The first-order valence-corrected chi connectivity index (χ1v) is 8.82. The van der Waals surface area contributed by atoms with Crippen LogP contribution in [0, 0.1) is 23.2 Å². The fraction of sp³-hybridized carbons (Fsp3) is 0.889. The normalized spacial score (nSPS) is 18.7. The van der Waals surface area contributed by atoms with E-state index in [0.717, 1.165) is 12.3 Å². The summed E-state index contributed by atoms with van der Waals surface area (Å²) < 4.78 is 4.72. The summed E-state index contributed by atoms with van der Waals surface area (Å²) in [6, 6.07) is 2.41. The van der Waals surface area contributed by atoms with E-state index < -0.39 is 5.97 Å². The molecule has 128 valence electrons. The molecule has 0 N–H and O–H groups in total. The van der Waals surface area contributed by atoms with Crippen LogP contribution >= 0.6 is 0 Å². The second-order valence-electron chi connectivity index (χ2n) is 5.95. The number of rotatable bonds is 11. The number of carbonyl (C=O) groups is 1. The van der Waals surface area contributed by atoms with E-state index in [-0.39, 0.29) is 42.6 Å². The number of carboxylic acids is 1. The van der Waals surface area contributed by atoms with Crippen LogP contribution in [0.2, 0.25) is 0 Å². The van der Waals surface area contributed by atoms with E-state index in [1.165, 1.54) is 51.4 Å². The van der Waals surface area contributed by atoms with Gasteiger partial charge in [-0.15, -0.1) is 0 Å². The van der Waals surface area contributed by atoms with Crippen molar-refractivity contribution in [2.24, 2.45) is 11.8 Å². The van der Waals surface area contributed by atoms with Crippen molar-refractivity contribution in [1.29, 1.82) is 5.26 Å². The third kappa shape index (κ3) is 15.2. The minimum atomic E-state index is -1.06. The number of hydrogen-bond acceptors (Lipinski definition) is 4. The maximum Gasteiger partial charge on any atom is 1.00 e. The quantitative estimate of drug-likeness (QED) is 0.407. The van der Waals surface area contributed by atoms with Gasteiger partial charge in [0, 0.05) is 24.9 Å². The second-order valence-corrected chi connectivity index (χ2v) is 5.95. The molecule has 0 aliphatic heterocycles. The van der Waals surface area contributed by atoms with Crippen molar-refractivity contribution >= 4 is 5.97 Å². The number of nitriles is 1. The van der Waals surface area contributed by atoms with Gasteiger partial charge in [0.2, 0.25) is 0 Å². The fourth-order valence-electron chi connectivity index (χ4n) is 2.57. The molecule has 5 heteroatoms. The molecular formula is C18H32NNaO3. The first kappa shape index (κ1) is 25.2. The van der Waals surface area contributed by atoms with E-state index in [1.807, 2.05) is 6.92 Å². The Labute approximate surface area is 164 Å². The standard InChI is InChI=1S/C13H23N.C5H10O3.Na/c1-2-3-4-5-6-7-8-12-9-10-13(12)11-14;1-2-8-4-3-5(6)7;/h12-13H,2-10H2,1H3;2-4H2,1H3,(H,6,7);/q;;+1/p-1. The SMILES string of the molecule is CCCCCCCCC1CCC1C#N.CCOCCC(=O)[O-].[Na+]. The van der Waals surface area contributed by atoms with E-state index in [4.69, 9.17) is 10.00 Å². The fourth-order valence-corrected chi connectivity index (χ4v) is 2.57. The van der Waals surface area contributed by atoms with Gasteiger partial charge in [-0.1, -0.05) is 45.4 Å². The van der Waals surface area contributed by atoms with E-state index in [1.54, 1.807) is 0 Å². The van der Waals surface area contributed by atoms with Crippen molar-refractivity contribution in [3.05, 3.63) is 0 Å². The summed E-state index contributed by atoms with van der Waals surface area (Å²) in [5, 5.41) is 18.5. The minimum absolute atomic E-state index is 0. The van der Waals surface area contributed by atoms with Crippen molar-refractivity contribution in [1.82, 2.24) is 0 Å². The molecule has 0 spiro atoms. The van der Waals surface area contributed by atoms with Crippen LogP contribution < -0.4 is 34.7 Å². The number of carboxylic acid groups (broad SMARTS) is 1. The van der Waals surface area contributed by atoms with E-state index in [0.29, 0.717) is 12.5 Å². The number of nitrogens with zero attached hydrogens (tertiary/aromatic N) is 1. The van der Waals surface area contributed by atoms with Crippen LogP contribution in [-0.2, 0) is 9.53 Å². The molecule has 0 saturated heterocycles. The Kier molecular flexibility index (Phi) is 20.0. The smallest absolute Gasteiger partial charge is 0.550 e. The summed E-state index contributed by atoms with van der Waals surface area (Å²) in [4.78, 5) is 9.68. The van der Waals surface area contributed by atoms with Crippen LogP contribution in [0.1, 0.15) is 78.1 Å². The van der Waals surface area contributed by atoms with Crippen molar-refractivity contribution in [3.63, 3.8) is 0 Å². The molecule has 4 nitrogen and oxygen atoms in total. The summed E-state index contributed by atoms with van der Waals surface area (Å²) in [5.41, 5.74) is 0. The molecule has 2 unspecified atom stereocenters. The summed E-state index contributed by atoms with van der Waals surface area (Å²) in [6.07, 6.45) is 12.0. The molecule has 0 heterocycles. The van der Waals surface area contributed by atoms with Crippen LogP contribution in [0.3, 0.4) is 0 Å². The van der Waals surface area contributed by atoms with Gasteiger partial charge in [0.15, 0.2) is 0 Å². The van der Waals surface area contributed by atoms with Crippen LogP contribution in [0.25, 0.3) is 0 Å². The van der Waals surface area contributed by atoms with Gasteiger partial charge in [-0.05, 0) is 32.1 Å². The Morgan fingerprint density at radius 2 is 1.83 bits per heavy atom. The topological polar surface area (TPSA) is 73.1 Å². The minimum Gasteiger partial charge on any atom is -0.550 e. The molecule has 1 aliphatic carbocycles. The molecule has 23 heavy (non-hydrogen) atoms. The van der Waals surface area contributed by atoms with Crippen molar-refractivity contribution in [3.8, 4) is 6.07 Å². The molecule has 0 aromatic carbocycles. The van der Waals surface area contributed by atoms with Gasteiger partial charge in [0.25, 0.3) is 0 Å². The first-order chi connectivity index (χ1) is 10.7. The predicted octanol–water partition coefficient (Wildman–Crippen LogP) is 0.454. The third-order valence-electron chi connectivity index (χ3n) is 4.17. The third-order valence-corrected chi connectivity index (χ3v) is 4.17. The van der Waals surface area contributed by atoms with Crippen LogP contribution in [0.4, 0.5) is 0 Å². The zero-order valence-electron chi connectivity index (χ0n) is 15.3. The molecule has 0 bridgehead atoms. The van der Waals surface area contributed by atoms with Crippen LogP contribution in [0.5, 0.6) is 0 Å². The first-order valence-electron chi connectivity index (χ1n) is 8.82. The average molecular weight is 333 g/mol. The van der Waals surface area contributed by atoms with E-state index in [9.17, 15) is 9.90 Å². The zero-order chi connectivity index (χ0) is 16.6. The Balaban J connectivity index is 0. The van der Waals surface area contributed by atoms with Crippen molar-refractivity contribution in [2.75, 3.05) is 13.2 Å². The number of ether oxygens (including phenoxy) is 1. The molecule has 1 fully saturated rings. The van der Waals surface area contributed by atoms with Gasteiger partial charge in [-0.3, -0.25) is 0 Å². The Morgan fingerprint density at radius 1 is 1.17 bits per heavy atom. The molecule has 2 atom stereocenters. The maximum absolute atomic E-state index is 9.68. The second kappa shape index (κ2) is 18.3.